The van der Waals surface area contributed by atoms with Crippen molar-refractivity contribution in [1.82, 2.24) is 0 Å². The summed E-state index contributed by atoms with van der Waals surface area (Å²) in [7, 11) is 0. The van der Waals surface area contributed by atoms with Crippen molar-refractivity contribution in [2.24, 2.45) is 0 Å². The van der Waals surface area contributed by atoms with Gasteiger partial charge in [0, 0.05) is 10.9 Å². The van der Waals surface area contributed by atoms with Gasteiger partial charge < -0.3 is 10.5 Å². The van der Waals surface area contributed by atoms with Crippen LogP contribution in [0.2, 0.25) is 0 Å². The van der Waals surface area contributed by atoms with Crippen molar-refractivity contribution >= 4 is 28.7 Å². The lowest BCUT2D eigenvalue weighted by Crippen LogP contribution is -2.10. The van der Waals surface area contributed by atoms with E-state index in [1.54, 1.807) is 6.92 Å². The number of nitrogens with zero attached hydrogens (tertiary/aromatic N) is 1. The van der Waals surface area contributed by atoms with E-state index in [1.807, 2.05) is 17.5 Å². The van der Waals surface area contributed by atoms with Gasteiger partial charge in [-0.3, -0.25) is 10.1 Å². The van der Waals surface area contributed by atoms with Gasteiger partial charge in [-0.2, -0.15) is 0 Å². The lowest BCUT2D eigenvalue weighted by atomic mass is 10.1. The molecule has 0 aliphatic heterocycles. The van der Waals surface area contributed by atoms with Crippen molar-refractivity contribution in [3.8, 4) is 0 Å². The van der Waals surface area contributed by atoms with Crippen LogP contribution in [0.5, 0.6) is 0 Å². The van der Waals surface area contributed by atoms with Crippen LogP contribution in [0.3, 0.4) is 0 Å². The van der Waals surface area contributed by atoms with Gasteiger partial charge in [0.25, 0.3) is 5.69 Å². The predicted molar refractivity (Wildman–Crippen MR) is 75.7 cm³/mol. The van der Waals surface area contributed by atoms with E-state index in [0.29, 0.717) is 5.56 Å². The van der Waals surface area contributed by atoms with Gasteiger partial charge in [-0.05, 0) is 30.0 Å². The normalized spacial score (nSPS) is 10.2. The summed E-state index contributed by atoms with van der Waals surface area (Å²) in [5, 5.41) is 12.7. The van der Waals surface area contributed by atoms with Crippen LogP contribution in [-0.2, 0) is 11.3 Å². The number of rotatable bonds is 4. The number of hydrogen-bond acceptors (Lipinski definition) is 6. The highest BCUT2D eigenvalue weighted by Gasteiger charge is 2.21. The Hall–Kier alpha value is -2.41. The molecule has 1 heterocycles. The fourth-order valence-corrected chi connectivity index (χ4v) is 2.32. The Balaban J connectivity index is 2.23. The molecule has 2 aromatic rings. The number of anilines is 1. The molecule has 1 aromatic carbocycles. The van der Waals surface area contributed by atoms with Crippen molar-refractivity contribution < 1.29 is 14.5 Å². The number of aryl methyl sites for hydroxylation is 1. The molecular formula is C13H12N2O4S. The van der Waals surface area contributed by atoms with E-state index >= 15 is 0 Å². The molecule has 0 saturated heterocycles. The maximum atomic E-state index is 12.0. The highest BCUT2D eigenvalue weighted by atomic mass is 32.1. The fraction of sp³-hybridized carbons (Fsp3) is 0.154. The van der Waals surface area contributed by atoms with Crippen molar-refractivity contribution in [2.45, 2.75) is 13.5 Å². The summed E-state index contributed by atoms with van der Waals surface area (Å²) in [6.07, 6.45) is 0. The number of hydrogen-bond donors (Lipinski definition) is 1. The van der Waals surface area contributed by atoms with Gasteiger partial charge in [0.15, 0.2) is 0 Å². The second kappa shape index (κ2) is 5.70. The molecule has 0 bridgehead atoms. The Morgan fingerprint density at radius 2 is 2.25 bits per heavy atom. The minimum Gasteiger partial charge on any atom is -0.456 e. The molecule has 2 N–H and O–H groups in total. The smallest absolute Gasteiger partial charge is 0.340 e. The highest BCUT2D eigenvalue weighted by Crippen LogP contribution is 2.27. The van der Waals surface area contributed by atoms with E-state index in [0.717, 1.165) is 4.88 Å². The zero-order valence-electron chi connectivity index (χ0n) is 10.7. The van der Waals surface area contributed by atoms with E-state index < -0.39 is 10.9 Å². The number of carbonyl (C=O) groups excluding carboxylic acids is 1. The molecule has 1 aromatic heterocycles. The van der Waals surface area contributed by atoms with Gasteiger partial charge in [-0.15, -0.1) is 11.3 Å². The van der Waals surface area contributed by atoms with Crippen LogP contribution in [0.25, 0.3) is 0 Å². The van der Waals surface area contributed by atoms with E-state index in [4.69, 9.17) is 10.5 Å². The Bertz CT molecular complexity index is 653. The van der Waals surface area contributed by atoms with Crippen LogP contribution in [-0.4, -0.2) is 10.9 Å². The first kappa shape index (κ1) is 14.0. The number of benzene rings is 1. The van der Waals surface area contributed by atoms with E-state index in [2.05, 4.69) is 0 Å². The molecule has 20 heavy (non-hydrogen) atoms. The third-order valence-electron chi connectivity index (χ3n) is 2.64. The fourth-order valence-electron chi connectivity index (χ4n) is 1.71. The van der Waals surface area contributed by atoms with Crippen molar-refractivity contribution in [2.75, 3.05) is 5.73 Å². The number of ether oxygens (including phenoxy) is 1. The topological polar surface area (TPSA) is 95.5 Å². The van der Waals surface area contributed by atoms with Gasteiger partial charge in [-0.25, -0.2) is 4.79 Å². The summed E-state index contributed by atoms with van der Waals surface area (Å²) >= 11 is 1.46. The van der Waals surface area contributed by atoms with Gasteiger partial charge >= 0.3 is 5.97 Å². The third kappa shape index (κ3) is 2.94. The second-order valence-corrected chi connectivity index (χ2v) is 5.19. The van der Waals surface area contributed by atoms with Crippen LogP contribution in [0.4, 0.5) is 11.4 Å². The van der Waals surface area contributed by atoms with Crippen LogP contribution < -0.4 is 5.73 Å². The highest BCUT2D eigenvalue weighted by molar-refractivity contribution is 7.09. The maximum absolute atomic E-state index is 12.0. The zero-order valence-corrected chi connectivity index (χ0v) is 11.5. The zero-order chi connectivity index (χ0) is 14.7. The number of carbonyl (C=O) groups is 1. The summed E-state index contributed by atoms with van der Waals surface area (Å²) in [5.41, 5.74) is 5.81. The number of nitrogens with two attached hydrogens (primary N) is 1. The molecule has 0 radical (unpaired) electrons. The second-order valence-electron chi connectivity index (χ2n) is 4.16. The maximum Gasteiger partial charge on any atom is 0.340 e. The quantitative estimate of drug-likeness (QED) is 0.404. The largest absolute Gasteiger partial charge is 0.456 e. The van der Waals surface area contributed by atoms with Crippen molar-refractivity contribution in [1.29, 1.82) is 0 Å². The molecule has 0 atom stereocenters. The molecule has 0 aliphatic rings. The summed E-state index contributed by atoms with van der Waals surface area (Å²) in [5.74, 6) is -0.664. The monoisotopic (exact) mass is 292 g/mol. The van der Waals surface area contributed by atoms with E-state index in [9.17, 15) is 14.9 Å². The molecule has 104 valence electrons. The molecule has 0 unspecified atom stereocenters. The lowest BCUT2D eigenvalue weighted by molar-refractivity contribution is -0.384. The summed E-state index contributed by atoms with van der Waals surface area (Å²) in [6.45, 7) is 1.78. The molecule has 0 spiro atoms. The molecule has 7 heteroatoms. The number of thiophene rings is 1. The lowest BCUT2D eigenvalue weighted by Gasteiger charge is -2.07. The minimum atomic E-state index is -0.664. The predicted octanol–water partition coefficient (Wildman–Crippen LogP) is 2.90. The molecule has 0 saturated carbocycles. The van der Waals surface area contributed by atoms with Crippen LogP contribution in [0.15, 0.2) is 29.6 Å². The van der Waals surface area contributed by atoms with E-state index in [-0.39, 0.29) is 23.5 Å². The Kier molecular flexibility index (Phi) is 3.99. The molecule has 6 nitrogen and oxygen atoms in total. The Morgan fingerprint density at radius 1 is 1.50 bits per heavy atom. The third-order valence-corrected chi connectivity index (χ3v) is 3.49. The number of esters is 1. The first-order valence-electron chi connectivity index (χ1n) is 5.73. The van der Waals surface area contributed by atoms with Gasteiger partial charge in [0.05, 0.1) is 10.5 Å². The van der Waals surface area contributed by atoms with Gasteiger partial charge in [0.1, 0.15) is 12.3 Å². The molecule has 2 rings (SSSR count). The first-order valence-corrected chi connectivity index (χ1v) is 6.61. The molecular weight excluding hydrogens is 280 g/mol. The summed E-state index contributed by atoms with van der Waals surface area (Å²) in [4.78, 5) is 23.1. The van der Waals surface area contributed by atoms with Crippen molar-refractivity contribution in [3.63, 3.8) is 0 Å². The van der Waals surface area contributed by atoms with Crippen LogP contribution in [0, 0.1) is 17.0 Å². The van der Waals surface area contributed by atoms with Crippen molar-refractivity contribution in [3.05, 3.63) is 55.8 Å². The van der Waals surface area contributed by atoms with Crippen LogP contribution in [0.1, 0.15) is 20.8 Å². The molecule has 0 aliphatic carbocycles. The van der Waals surface area contributed by atoms with Crippen LogP contribution >= 0.6 is 11.3 Å². The Morgan fingerprint density at radius 3 is 2.85 bits per heavy atom. The average Bonchev–Trinajstić information content (AvgIpc) is 2.91. The number of nitrogen functional groups attached to an aromatic ring is 1. The first-order chi connectivity index (χ1) is 9.49. The minimum absolute atomic E-state index is 0.0215. The number of nitro benzene ring substituents is 1. The number of nitro groups is 1. The standard InChI is InChI=1S/C13H12N2O4S/c1-8-5-10(12(14)11(6-8)15(17)18)13(16)19-7-9-3-2-4-20-9/h2-6H,7,14H2,1H3. The molecule has 0 amide bonds. The van der Waals surface area contributed by atoms with E-state index in [1.165, 1.54) is 23.5 Å². The van der Waals surface area contributed by atoms with Gasteiger partial charge in [-0.1, -0.05) is 6.07 Å². The van der Waals surface area contributed by atoms with Gasteiger partial charge in [0.2, 0.25) is 0 Å². The average molecular weight is 292 g/mol. The SMILES string of the molecule is Cc1cc(C(=O)OCc2cccs2)c(N)c([N+](=O)[O-])c1. The Labute approximate surface area is 118 Å². The molecule has 0 fully saturated rings. The summed E-state index contributed by atoms with van der Waals surface area (Å²) < 4.78 is 5.11. The summed E-state index contributed by atoms with van der Waals surface area (Å²) in [6, 6.07) is 6.49.